The number of hydrogen-bond acceptors (Lipinski definition) is 3. The third-order valence-corrected chi connectivity index (χ3v) is 7.35. The molecule has 0 spiro atoms. The predicted octanol–water partition coefficient (Wildman–Crippen LogP) is 6.03. The maximum absolute atomic E-state index is 14.1. The molecule has 3 atom stereocenters. The summed E-state index contributed by atoms with van der Waals surface area (Å²) in [6.07, 6.45) is 11.1. The summed E-state index contributed by atoms with van der Waals surface area (Å²) in [5, 5.41) is 0. The molecule has 0 radical (unpaired) electrons. The fraction of sp³-hybridized carbons (Fsp3) is 0.414. The zero-order chi connectivity index (χ0) is 24.2. The van der Waals surface area contributed by atoms with Gasteiger partial charge in [-0.05, 0) is 61.8 Å². The molecule has 184 valence electrons. The van der Waals surface area contributed by atoms with Crippen LogP contribution in [0.15, 0.2) is 72.3 Å². The summed E-state index contributed by atoms with van der Waals surface area (Å²) in [7, 11) is 0. The number of cyclic esters (lactones) is 1. The van der Waals surface area contributed by atoms with Gasteiger partial charge >= 0.3 is 6.09 Å². The molecule has 0 aromatic heterocycles. The molecule has 3 aliphatic rings. The van der Waals surface area contributed by atoms with Gasteiger partial charge in [0, 0.05) is 25.7 Å². The lowest BCUT2D eigenvalue weighted by Crippen LogP contribution is -2.52. The highest BCUT2D eigenvalue weighted by Crippen LogP contribution is 2.34. The number of carbonyl (C=O) groups is 1. The lowest BCUT2D eigenvalue weighted by molar-refractivity contribution is 0.0402. The molecule has 4 nitrogen and oxygen atoms in total. The van der Waals surface area contributed by atoms with Gasteiger partial charge in [-0.1, -0.05) is 54.1 Å². The number of halogens is 2. The molecule has 2 saturated heterocycles. The topological polar surface area (TPSA) is 32.8 Å². The smallest absolute Gasteiger partial charge is 0.410 e. The first-order chi connectivity index (χ1) is 17.1. The number of carbonyl (C=O) groups excluding carboxylic acids is 1. The number of amides is 1. The molecule has 2 aromatic carbocycles. The van der Waals surface area contributed by atoms with Gasteiger partial charge in [0.15, 0.2) is 0 Å². The van der Waals surface area contributed by atoms with E-state index >= 15 is 0 Å². The predicted molar refractivity (Wildman–Crippen MR) is 132 cm³/mol. The molecule has 2 heterocycles. The fourth-order valence-electron chi connectivity index (χ4n) is 5.70. The van der Waals surface area contributed by atoms with Crippen molar-refractivity contribution < 1.29 is 18.3 Å². The van der Waals surface area contributed by atoms with Gasteiger partial charge in [0.05, 0.1) is 12.1 Å². The largest absolute Gasteiger partial charge is 0.442 e. The summed E-state index contributed by atoms with van der Waals surface area (Å²) in [4.78, 5) is 17.0. The Kier molecular flexibility index (Phi) is 7.28. The van der Waals surface area contributed by atoms with Gasteiger partial charge in [-0.3, -0.25) is 4.90 Å². The number of fused-ring (bicyclic) bond motifs is 1. The van der Waals surface area contributed by atoms with Crippen LogP contribution in [0, 0.1) is 11.6 Å². The van der Waals surface area contributed by atoms with E-state index in [1.54, 1.807) is 0 Å². The molecular weight excluding hydrogens is 446 g/mol. The normalized spacial score (nSPS) is 22.7. The first-order valence-corrected chi connectivity index (χ1v) is 12.6. The van der Waals surface area contributed by atoms with Crippen molar-refractivity contribution in [2.45, 2.75) is 63.3 Å². The van der Waals surface area contributed by atoms with Crippen molar-refractivity contribution in [3.05, 3.63) is 95.1 Å². The highest BCUT2D eigenvalue weighted by Gasteiger charge is 2.48. The van der Waals surface area contributed by atoms with Gasteiger partial charge in [-0.15, -0.1) is 0 Å². The highest BCUT2D eigenvalue weighted by atomic mass is 19.1. The summed E-state index contributed by atoms with van der Waals surface area (Å²) in [6, 6.07) is 13.7. The van der Waals surface area contributed by atoms with Crippen LogP contribution in [0.5, 0.6) is 0 Å². The monoisotopic (exact) mass is 478 g/mol. The molecule has 2 aromatic rings. The summed E-state index contributed by atoms with van der Waals surface area (Å²) in [6.45, 7) is 2.07. The number of allylic oxidation sites excluding steroid dienone is 3. The van der Waals surface area contributed by atoms with E-state index in [9.17, 15) is 13.6 Å². The Hall–Kier alpha value is -2.99. The first kappa shape index (κ1) is 23.7. The minimum atomic E-state index is -0.587. The second-order valence-corrected chi connectivity index (χ2v) is 9.84. The Labute approximate surface area is 205 Å². The Morgan fingerprint density at radius 2 is 1.83 bits per heavy atom. The molecule has 0 bridgehead atoms. The average Bonchev–Trinajstić information content (AvgIpc) is 3.19. The Morgan fingerprint density at radius 3 is 2.57 bits per heavy atom. The summed E-state index contributed by atoms with van der Waals surface area (Å²) < 4.78 is 34.3. The number of piperidine rings is 1. The van der Waals surface area contributed by atoms with Crippen LogP contribution in [0.4, 0.5) is 13.6 Å². The highest BCUT2D eigenvalue weighted by molar-refractivity contribution is 5.71. The third-order valence-electron chi connectivity index (χ3n) is 7.35. The first-order valence-electron chi connectivity index (χ1n) is 12.6. The fourth-order valence-corrected chi connectivity index (χ4v) is 5.70. The van der Waals surface area contributed by atoms with Crippen LogP contribution in [-0.2, 0) is 17.7 Å². The summed E-state index contributed by atoms with van der Waals surface area (Å²) in [5.74, 6) is -1.17. The van der Waals surface area contributed by atoms with Crippen molar-refractivity contribution in [3.8, 4) is 0 Å². The Morgan fingerprint density at radius 1 is 1.03 bits per heavy atom. The molecule has 2 aliphatic heterocycles. The molecule has 35 heavy (non-hydrogen) atoms. The van der Waals surface area contributed by atoms with Gasteiger partial charge in [0.1, 0.15) is 17.7 Å². The minimum Gasteiger partial charge on any atom is -0.442 e. The van der Waals surface area contributed by atoms with Crippen LogP contribution in [0.3, 0.4) is 0 Å². The lowest BCUT2D eigenvalue weighted by Gasteiger charge is -2.39. The van der Waals surface area contributed by atoms with Crippen molar-refractivity contribution >= 4 is 6.09 Å². The van der Waals surface area contributed by atoms with Crippen molar-refractivity contribution in [2.75, 3.05) is 13.1 Å². The molecule has 0 saturated carbocycles. The van der Waals surface area contributed by atoms with E-state index in [0.717, 1.165) is 43.7 Å². The summed E-state index contributed by atoms with van der Waals surface area (Å²) in [5.41, 5.74) is 3.04. The zero-order valence-electron chi connectivity index (χ0n) is 19.9. The molecular formula is C29H32F2N2O2. The van der Waals surface area contributed by atoms with E-state index in [-0.39, 0.29) is 24.3 Å². The van der Waals surface area contributed by atoms with Crippen LogP contribution in [-0.4, -0.2) is 47.2 Å². The van der Waals surface area contributed by atoms with Gasteiger partial charge in [-0.2, -0.15) is 0 Å². The molecule has 1 aliphatic carbocycles. The van der Waals surface area contributed by atoms with Crippen molar-refractivity contribution in [3.63, 3.8) is 0 Å². The number of nitrogens with zero attached hydrogens (tertiary/aromatic N) is 2. The van der Waals surface area contributed by atoms with E-state index in [1.165, 1.54) is 17.7 Å². The standard InChI is InChI=1S/C29H32F2N2O2/c30-24-15-23(16-25(31)18-24)17-27(28-26-13-7-8-14-33(26)29(34)35-28)32(19-21-9-3-1-4-10-21)20-22-11-5-2-6-12-22/h1-5,9-11,15-16,18,26-28H,6-8,12-14,17,19-20H2. The lowest BCUT2D eigenvalue weighted by atomic mass is 9.89. The molecule has 5 rings (SSSR count). The van der Waals surface area contributed by atoms with Gasteiger partial charge in [0.2, 0.25) is 0 Å². The maximum atomic E-state index is 14.1. The second kappa shape index (κ2) is 10.7. The molecule has 3 unspecified atom stereocenters. The van der Waals surface area contributed by atoms with E-state index in [0.29, 0.717) is 31.6 Å². The Balaban J connectivity index is 1.52. The number of rotatable bonds is 8. The van der Waals surface area contributed by atoms with E-state index in [1.807, 2.05) is 23.1 Å². The number of ether oxygens (including phenoxy) is 1. The minimum absolute atomic E-state index is 0.0156. The molecule has 6 heteroatoms. The van der Waals surface area contributed by atoms with Crippen LogP contribution >= 0.6 is 0 Å². The number of hydrogen-bond donors (Lipinski definition) is 0. The van der Waals surface area contributed by atoms with E-state index in [4.69, 9.17) is 4.74 Å². The molecule has 0 N–H and O–H groups in total. The average molecular weight is 479 g/mol. The Bertz CT molecular complexity index is 1080. The van der Waals surface area contributed by atoms with Crippen LogP contribution < -0.4 is 0 Å². The van der Waals surface area contributed by atoms with Crippen LogP contribution in [0.2, 0.25) is 0 Å². The van der Waals surface area contributed by atoms with Gasteiger partial charge in [-0.25, -0.2) is 13.6 Å². The van der Waals surface area contributed by atoms with E-state index < -0.39 is 11.6 Å². The second-order valence-electron chi connectivity index (χ2n) is 9.84. The van der Waals surface area contributed by atoms with Gasteiger partial charge < -0.3 is 9.64 Å². The molecule has 1 amide bonds. The quantitative estimate of drug-likeness (QED) is 0.465. The summed E-state index contributed by atoms with van der Waals surface area (Å²) >= 11 is 0. The van der Waals surface area contributed by atoms with Crippen molar-refractivity contribution in [2.24, 2.45) is 0 Å². The van der Waals surface area contributed by atoms with Crippen molar-refractivity contribution in [1.82, 2.24) is 9.80 Å². The van der Waals surface area contributed by atoms with E-state index in [2.05, 4.69) is 35.3 Å². The van der Waals surface area contributed by atoms with Gasteiger partial charge in [0.25, 0.3) is 0 Å². The zero-order valence-corrected chi connectivity index (χ0v) is 19.9. The van der Waals surface area contributed by atoms with Crippen molar-refractivity contribution in [1.29, 1.82) is 0 Å². The number of benzene rings is 2. The SMILES string of the molecule is O=C1OC(C(Cc2cc(F)cc(F)c2)N(CC2=CC=CCC2)Cc2ccccc2)C2CCCCN12. The molecule has 2 fully saturated rings. The third kappa shape index (κ3) is 5.64. The maximum Gasteiger partial charge on any atom is 0.410 e. The van der Waals surface area contributed by atoms with Crippen LogP contribution in [0.1, 0.15) is 43.2 Å². The van der Waals surface area contributed by atoms with Crippen LogP contribution in [0.25, 0.3) is 0 Å².